The highest BCUT2D eigenvalue weighted by atomic mass is 32.1. The summed E-state index contributed by atoms with van der Waals surface area (Å²) < 4.78 is 16.0. The molecule has 1 unspecified atom stereocenters. The van der Waals surface area contributed by atoms with Crippen LogP contribution in [-0.2, 0) is 16.1 Å². The number of nitrogens with zero attached hydrogens (tertiary/aromatic N) is 2. The van der Waals surface area contributed by atoms with Crippen molar-refractivity contribution in [2.75, 3.05) is 33.9 Å². The van der Waals surface area contributed by atoms with E-state index >= 15 is 0 Å². The molecule has 0 saturated heterocycles. The number of aryl methyl sites for hydroxylation is 1. The number of carbonyl (C=O) groups excluding carboxylic acids is 1. The lowest BCUT2D eigenvalue weighted by atomic mass is 10.2. The highest BCUT2D eigenvalue weighted by Gasteiger charge is 2.20. The van der Waals surface area contributed by atoms with E-state index in [0.29, 0.717) is 36.4 Å². The van der Waals surface area contributed by atoms with Gasteiger partial charge >= 0.3 is 5.97 Å². The van der Waals surface area contributed by atoms with E-state index < -0.39 is 0 Å². The van der Waals surface area contributed by atoms with E-state index in [-0.39, 0.29) is 12.0 Å². The molecule has 0 spiro atoms. The van der Waals surface area contributed by atoms with Gasteiger partial charge in [0.2, 0.25) is 0 Å². The normalized spacial score (nSPS) is 12.4. The van der Waals surface area contributed by atoms with Crippen LogP contribution in [0.3, 0.4) is 0 Å². The highest BCUT2D eigenvalue weighted by Crippen LogP contribution is 2.24. The Hall–Kier alpha value is -2.65. The lowest BCUT2D eigenvalue weighted by Gasteiger charge is -2.16. The monoisotopic (exact) mass is 448 g/mol. The van der Waals surface area contributed by atoms with Gasteiger partial charge in [0.05, 0.1) is 32.1 Å². The largest absolute Gasteiger partial charge is 0.497 e. The fraction of sp³-hybridized carbons (Fsp3) is 0.500. The van der Waals surface area contributed by atoms with E-state index in [9.17, 15) is 4.79 Å². The Morgan fingerprint density at radius 3 is 2.68 bits per heavy atom. The third kappa shape index (κ3) is 7.84. The van der Waals surface area contributed by atoms with Crippen molar-refractivity contribution >= 4 is 23.3 Å². The number of benzene rings is 1. The van der Waals surface area contributed by atoms with Gasteiger partial charge in [0.1, 0.15) is 15.6 Å². The van der Waals surface area contributed by atoms with Crippen LogP contribution in [0.15, 0.2) is 29.3 Å². The summed E-state index contributed by atoms with van der Waals surface area (Å²) in [7, 11) is 3.38. The minimum absolute atomic E-state index is 0.0931. The van der Waals surface area contributed by atoms with Gasteiger partial charge in [-0.2, -0.15) is 0 Å². The molecular weight excluding hydrogens is 416 g/mol. The van der Waals surface area contributed by atoms with Crippen molar-refractivity contribution < 1.29 is 19.0 Å². The molecule has 2 N–H and O–H groups in total. The van der Waals surface area contributed by atoms with Crippen LogP contribution < -0.4 is 15.4 Å². The molecule has 0 radical (unpaired) electrons. The number of carbonyl (C=O) groups is 1. The number of hydrogen-bond donors (Lipinski definition) is 2. The number of hydrogen-bond acceptors (Lipinski definition) is 7. The number of aliphatic imine (C=N–C) groups is 1. The minimum atomic E-state index is -0.326. The Kier molecular flexibility index (Phi) is 10.3. The number of thiazole rings is 1. The molecule has 0 amide bonds. The number of methoxy groups -OCH3 is 1. The molecule has 1 aromatic heterocycles. The Balaban J connectivity index is 1.71. The maximum atomic E-state index is 12.0. The van der Waals surface area contributed by atoms with Gasteiger partial charge in [-0.25, -0.2) is 9.78 Å². The fourth-order valence-electron chi connectivity index (χ4n) is 2.74. The van der Waals surface area contributed by atoms with Gasteiger partial charge in [-0.3, -0.25) is 4.99 Å². The first kappa shape index (κ1) is 24.6. The van der Waals surface area contributed by atoms with Crippen molar-refractivity contribution in [3.8, 4) is 5.75 Å². The number of nitrogens with one attached hydrogen (secondary N) is 2. The van der Waals surface area contributed by atoms with Crippen molar-refractivity contribution in [1.29, 1.82) is 0 Å². The average molecular weight is 449 g/mol. The number of esters is 1. The summed E-state index contributed by atoms with van der Waals surface area (Å²) in [5.41, 5.74) is 1.80. The second-order valence-electron chi connectivity index (χ2n) is 6.81. The number of rotatable bonds is 11. The Morgan fingerprint density at radius 2 is 2.03 bits per heavy atom. The average Bonchev–Trinajstić information content (AvgIpc) is 3.17. The van der Waals surface area contributed by atoms with Gasteiger partial charge < -0.3 is 24.8 Å². The summed E-state index contributed by atoms with van der Waals surface area (Å²) in [6.07, 6.45) is 0.842. The maximum absolute atomic E-state index is 12.0. The van der Waals surface area contributed by atoms with Crippen molar-refractivity contribution in [1.82, 2.24) is 15.6 Å². The summed E-state index contributed by atoms with van der Waals surface area (Å²) in [5, 5.41) is 7.39. The lowest BCUT2D eigenvalue weighted by molar-refractivity contribution is 0.0531. The zero-order chi connectivity index (χ0) is 22.6. The van der Waals surface area contributed by atoms with Crippen molar-refractivity contribution in [3.05, 3.63) is 45.4 Å². The quantitative estimate of drug-likeness (QED) is 0.235. The van der Waals surface area contributed by atoms with Gasteiger partial charge in [0.25, 0.3) is 0 Å². The number of ether oxygens (including phenoxy) is 3. The molecule has 0 saturated carbocycles. The predicted octanol–water partition coefficient (Wildman–Crippen LogP) is 3.47. The molecule has 1 heterocycles. The molecule has 8 nitrogen and oxygen atoms in total. The van der Waals surface area contributed by atoms with Crippen LogP contribution >= 0.6 is 11.3 Å². The number of guanidine groups is 1. The molecule has 0 aliphatic rings. The summed E-state index contributed by atoms with van der Waals surface area (Å²) in [5.74, 6) is 1.19. The van der Waals surface area contributed by atoms with Gasteiger partial charge in [0.15, 0.2) is 5.96 Å². The second-order valence-corrected chi connectivity index (χ2v) is 7.84. The first-order chi connectivity index (χ1) is 15.0. The van der Waals surface area contributed by atoms with E-state index in [1.54, 1.807) is 21.1 Å². The molecule has 2 rings (SSSR count). The van der Waals surface area contributed by atoms with Gasteiger partial charge in [0, 0.05) is 20.2 Å². The van der Waals surface area contributed by atoms with Crippen LogP contribution in [0.1, 0.15) is 52.2 Å². The summed E-state index contributed by atoms with van der Waals surface area (Å²) in [6.45, 7) is 7.87. The molecule has 0 aliphatic heterocycles. The molecule has 0 bridgehead atoms. The SMILES string of the molecule is CCOC(=O)c1sc(C(C)NC(=NC)NCCCOCc2ccc(OC)cc2)nc1C. The molecule has 1 atom stereocenters. The fourth-order valence-corrected chi connectivity index (χ4v) is 3.71. The van der Waals surface area contributed by atoms with E-state index in [0.717, 1.165) is 29.3 Å². The molecule has 31 heavy (non-hydrogen) atoms. The molecule has 2 aromatic rings. The molecule has 0 fully saturated rings. The predicted molar refractivity (Wildman–Crippen MR) is 123 cm³/mol. The Bertz CT molecular complexity index is 852. The standard InChI is InChI=1S/C22H32N4O4S/c1-6-30-21(27)19-15(2)25-20(31-19)16(3)26-22(23-4)24-12-7-13-29-14-17-8-10-18(28-5)11-9-17/h8-11,16H,6-7,12-14H2,1-5H3,(H2,23,24,26). The number of aromatic nitrogens is 1. The van der Waals surface area contributed by atoms with Crippen molar-refractivity contribution in [3.63, 3.8) is 0 Å². The van der Waals surface area contributed by atoms with E-state index in [1.165, 1.54) is 11.3 Å². The first-order valence-electron chi connectivity index (χ1n) is 10.3. The van der Waals surface area contributed by atoms with Crippen LogP contribution in [-0.4, -0.2) is 50.8 Å². The molecule has 1 aromatic carbocycles. The minimum Gasteiger partial charge on any atom is -0.497 e. The second kappa shape index (κ2) is 12.9. The summed E-state index contributed by atoms with van der Waals surface area (Å²) in [4.78, 5) is 21.3. The van der Waals surface area contributed by atoms with Crippen LogP contribution in [0.25, 0.3) is 0 Å². The lowest BCUT2D eigenvalue weighted by Crippen LogP contribution is -2.39. The first-order valence-corrected chi connectivity index (χ1v) is 11.1. The van der Waals surface area contributed by atoms with E-state index in [4.69, 9.17) is 14.2 Å². The molecule has 0 aliphatic carbocycles. The van der Waals surface area contributed by atoms with E-state index in [2.05, 4.69) is 20.6 Å². The highest BCUT2D eigenvalue weighted by molar-refractivity contribution is 7.13. The Labute approximate surface area is 188 Å². The van der Waals surface area contributed by atoms with Gasteiger partial charge in [-0.1, -0.05) is 12.1 Å². The van der Waals surface area contributed by atoms with Gasteiger partial charge in [-0.15, -0.1) is 11.3 Å². The topological polar surface area (TPSA) is 94.1 Å². The molecular formula is C22H32N4O4S. The third-order valence-electron chi connectivity index (χ3n) is 4.41. The summed E-state index contributed by atoms with van der Waals surface area (Å²) in [6, 6.07) is 7.76. The smallest absolute Gasteiger partial charge is 0.350 e. The zero-order valence-corrected chi connectivity index (χ0v) is 19.7. The Morgan fingerprint density at radius 1 is 1.29 bits per heavy atom. The van der Waals surface area contributed by atoms with Gasteiger partial charge in [-0.05, 0) is 44.9 Å². The molecule has 9 heteroatoms. The van der Waals surface area contributed by atoms with Crippen LogP contribution in [0.5, 0.6) is 5.75 Å². The zero-order valence-electron chi connectivity index (χ0n) is 18.9. The summed E-state index contributed by atoms with van der Waals surface area (Å²) >= 11 is 1.34. The van der Waals surface area contributed by atoms with Crippen LogP contribution in [0, 0.1) is 6.92 Å². The van der Waals surface area contributed by atoms with Crippen LogP contribution in [0.2, 0.25) is 0 Å². The van der Waals surface area contributed by atoms with Crippen molar-refractivity contribution in [2.45, 2.75) is 39.8 Å². The van der Waals surface area contributed by atoms with Crippen molar-refractivity contribution in [2.24, 2.45) is 4.99 Å². The maximum Gasteiger partial charge on any atom is 0.350 e. The van der Waals surface area contributed by atoms with Crippen LogP contribution in [0.4, 0.5) is 0 Å². The van der Waals surface area contributed by atoms with E-state index in [1.807, 2.05) is 38.1 Å². The third-order valence-corrected chi connectivity index (χ3v) is 5.73. The molecule has 170 valence electrons.